The largest absolute Gasteiger partial charge is 0.386 e. The summed E-state index contributed by atoms with van der Waals surface area (Å²) in [5.41, 5.74) is 0. The monoisotopic (exact) mass is 476 g/mol. The predicted octanol–water partition coefficient (Wildman–Crippen LogP) is 3.06. The minimum atomic E-state index is -0.573. The van der Waals surface area contributed by atoms with Crippen molar-refractivity contribution < 1.29 is 5.11 Å². The number of likely N-dealkylation sites (N-methyl/N-ethyl adjacent to an activating group) is 1. The number of benzene rings is 1. The maximum absolute atomic E-state index is 10.4. The third kappa shape index (κ3) is 7.08. The van der Waals surface area contributed by atoms with E-state index in [1.807, 2.05) is 19.1 Å². The van der Waals surface area contributed by atoms with Crippen LogP contribution in [0.4, 0.5) is 0 Å². The van der Waals surface area contributed by atoms with E-state index in [9.17, 15) is 5.11 Å². The fraction of sp³-hybridized carbons (Fsp3) is 0.500. The average molecular weight is 476 g/mol. The van der Waals surface area contributed by atoms with E-state index in [0.717, 1.165) is 37.0 Å². The molecule has 0 fully saturated rings. The molecule has 0 saturated heterocycles. The van der Waals surface area contributed by atoms with E-state index >= 15 is 0 Å². The van der Waals surface area contributed by atoms with Gasteiger partial charge < -0.3 is 20.6 Å². The fourth-order valence-corrected chi connectivity index (χ4v) is 3.34. The van der Waals surface area contributed by atoms with Crippen LogP contribution in [0.15, 0.2) is 35.3 Å². The Morgan fingerprint density at radius 3 is 2.72 bits per heavy atom. The average Bonchev–Trinajstić information content (AvgIpc) is 3.03. The summed E-state index contributed by atoms with van der Waals surface area (Å²) >= 11 is 1.63. The van der Waals surface area contributed by atoms with Crippen LogP contribution in [0.3, 0.4) is 0 Å². The zero-order valence-corrected chi connectivity index (χ0v) is 18.3. The first-order valence-corrected chi connectivity index (χ1v) is 9.33. The molecule has 0 saturated carbocycles. The van der Waals surface area contributed by atoms with Gasteiger partial charge in [-0.05, 0) is 38.0 Å². The highest BCUT2D eigenvalue weighted by Gasteiger charge is 2.11. The summed E-state index contributed by atoms with van der Waals surface area (Å²) < 4.78 is 1.20. The Bertz CT molecular complexity index is 628. The van der Waals surface area contributed by atoms with Gasteiger partial charge in [-0.1, -0.05) is 25.1 Å². The third-order valence-electron chi connectivity index (χ3n) is 3.87. The normalized spacial score (nSPS) is 12.9. The molecule has 7 heteroatoms. The molecule has 0 radical (unpaired) electrons. The highest BCUT2D eigenvalue weighted by molar-refractivity contribution is 14.0. The molecule has 1 heterocycles. The van der Waals surface area contributed by atoms with Gasteiger partial charge in [0.2, 0.25) is 0 Å². The molecular weight excluding hydrogens is 447 g/mol. The topological polar surface area (TPSA) is 59.9 Å². The smallest absolute Gasteiger partial charge is 0.191 e. The van der Waals surface area contributed by atoms with E-state index < -0.39 is 6.10 Å². The van der Waals surface area contributed by atoms with Gasteiger partial charge >= 0.3 is 0 Å². The van der Waals surface area contributed by atoms with E-state index in [-0.39, 0.29) is 24.0 Å². The molecule has 0 spiro atoms. The Morgan fingerprint density at radius 2 is 2.04 bits per heavy atom. The Labute approximate surface area is 171 Å². The molecule has 0 aliphatic rings. The number of hydrogen-bond donors (Lipinski definition) is 3. The number of aliphatic hydroxyl groups is 1. The van der Waals surface area contributed by atoms with Crippen LogP contribution in [-0.2, 0) is 0 Å². The van der Waals surface area contributed by atoms with E-state index in [1.165, 1.54) is 10.1 Å². The van der Waals surface area contributed by atoms with Gasteiger partial charge in [0.25, 0.3) is 0 Å². The van der Waals surface area contributed by atoms with Crippen molar-refractivity contribution in [3.8, 4) is 0 Å². The van der Waals surface area contributed by atoms with Gasteiger partial charge in [-0.2, -0.15) is 0 Å². The summed E-state index contributed by atoms with van der Waals surface area (Å²) in [4.78, 5) is 7.71. The third-order valence-corrected chi connectivity index (χ3v) is 5.08. The lowest BCUT2D eigenvalue weighted by atomic mass is 10.2. The molecule has 1 aromatic carbocycles. The number of fused-ring (bicyclic) bond motifs is 1. The number of aliphatic hydroxyl groups excluding tert-OH is 1. The second kappa shape index (κ2) is 11.7. The lowest BCUT2D eigenvalue weighted by molar-refractivity contribution is 0.191. The number of hydrogen-bond acceptors (Lipinski definition) is 4. The highest BCUT2D eigenvalue weighted by atomic mass is 127. The number of thiophene rings is 1. The number of aliphatic imine (C=N–C) groups is 1. The molecule has 0 amide bonds. The van der Waals surface area contributed by atoms with E-state index in [1.54, 1.807) is 11.3 Å². The van der Waals surface area contributed by atoms with Gasteiger partial charge in [-0.25, -0.2) is 0 Å². The molecule has 2 rings (SSSR count). The molecule has 2 aromatic rings. The lowest BCUT2D eigenvalue weighted by Gasteiger charge is -2.16. The summed E-state index contributed by atoms with van der Waals surface area (Å²) in [5.74, 6) is 0.752. The minimum Gasteiger partial charge on any atom is -0.386 e. The second-order valence-corrected chi connectivity index (χ2v) is 6.86. The quantitative estimate of drug-likeness (QED) is 0.312. The van der Waals surface area contributed by atoms with Crippen molar-refractivity contribution in [2.24, 2.45) is 4.99 Å². The van der Waals surface area contributed by atoms with Crippen LogP contribution in [0, 0.1) is 0 Å². The number of rotatable bonds is 8. The van der Waals surface area contributed by atoms with Crippen molar-refractivity contribution in [2.75, 3.05) is 39.8 Å². The number of halogens is 1. The van der Waals surface area contributed by atoms with Crippen molar-refractivity contribution in [1.29, 1.82) is 0 Å². The summed E-state index contributed by atoms with van der Waals surface area (Å²) in [5, 5.41) is 18.1. The number of nitrogens with one attached hydrogen (secondary N) is 2. The molecule has 0 bridgehead atoms. The summed E-state index contributed by atoms with van der Waals surface area (Å²) in [7, 11) is 2.09. The summed E-state index contributed by atoms with van der Waals surface area (Å²) in [6.45, 7) is 8.15. The van der Waals surface area contributed by atoms with Crippen LogP contribution in [0.1, 0.15) is 24.8 Å². The van der Waals surface area contributed by atoms with Crippen LogP contribution in [0.2, 0.25) is 0 Å². The fourth-order valence-electron chi connectivity index (χ4n) is 2.30. The summed E-state index contributed by atoms with van der Waals surface area (Å²) in [6, 6.07) is 10.2. The van der Waals surface area contributed by atoms with Gasteiger partial charge in [-0.3, -0.25) is 4.99 Å². The number of guanidine groups is 1. The minimum absolute atomic E-state index is 0. The van der Waals surface area contributed by atoms with E-state index in [4.69, 9.17) is 0 Å². The molecule has 1 aromatic heterocycles. The van der Waals surface area contributed by atoms with Crippen LogP contribution < -0.4 is 10.6 Å². The predicted molar refractivity (Wildman–Crippen MR) is 119 cm³/mol. The summed E-state index contributed by atoms with van der Waals surface area (Å²) in [6.07, 6.45) is -0.573. The van der Waals surface area contributed by atoms with Crippen molar-refractivity contribution in [2.45, 2.75) is 20.0 Å². The SMILES string of the molecule is CCNC(=NCC(O)c1cc2ccccc2s1)NCCN(C)CC.I. The van der Waals surface area contributed by atoms with Gasteiger partial charge in [0.1, 0.15) is 6.10 Å². The lowest BCUT2D eigenvalue weighted by Crippen LogP contribution is -2.41. The van der Waals surface area contributed by atoms with Crippen molar-refractivity contribution in [3.05, 3.63) is 35.2 Å². The van der Waals surface area contributed by atoms with Crippen LogP contribution >= 0.6 is 35.3 Å². The maximum atomic E-state index is 10.4. The maximum Gasteiger partial charge on any atom is 0.191 e. The van der Waals surface area contributed by atoms with Gasteiger partial charge in [-0.15, -0.1) is 35.3 Å². The standard InChI is InChI=1S/C18H28N4OS.HI/c1-4-19-18(20-10-11-22(3)5-2)21-13-15(23)17-12-14-8-6-7-9-16(14)24-17;/h6-9,12,15,23H,4-5,10-11,13H2,1-3H3,(H2,19,20,21);1H. The molecule has 3 N–H and O–H groups in total. The second-order valence-electron chi connectivity index (χ2n) is 5.74. The molecule has 5 nitrogen and oxygen atoms in total. The first-order chi connectivity index (χ1) is 11.6. The molecule has 140 valence electrons. The molecule has 0 aliphatic carbocycles. The van der Waals surface area contributed by atoms with Crippen LogP contribution in [0.25, 0.3) is 10.1 Å². The van der Waals surface area contributed by atoms with Crippen molar-refractivity contribution in [1.82, 2.24) is 15.5 Å². The Balaban J connectivity index is 0.00000312. The van der Waals surface area contributed by atoms with Gasteiger partial charge in [0, 0.05) is 29.2 Å². The van der Waals surface area contributed by atoms with Gasteiger partial charge in [0.05, 0.1) is 6.54 Å². The first kappa shape index (κ1) is 22.1. The number of nitrogens with zero attached hydrogens (tertiary/aromatic N) is 2. The molecular formula is C18H29IN4OS. The first-order valence-electron chi connectivity index (χ1n) is 8.51. The molecule has 25 heavy (non-hydrogen) atoms. The highest BCUT2D eigenvalue weighted by Crippen LogP contribution is 2.29. The zero-order valence-electron chi connectivity index (χ0n) is 15.2. The van der Waals surface area contributed by atoms with Crippen LogP contribution in [0.5, 0.6) is 0 Å². The van der Waals surface area contributed by atoms with Crippen molar-refractivity contribution >= 4 is 51.4 Å². The van der Waals surface area contributed by atoms with E-state index in [2.05, 4.69) is 52.7 Å². The van der Waals surface area contributed by atoms with E-state index in [0.29, 0.717) is 6.54 Å². The zero-order chi connectivity index (χ0) is 17.4. The Hall–Kier alpha value is -0.900. The molecule has 1 unspecified atom stereocenters. The Morgan fingerprint density at radius 1 is 1.28 bits per heavy atom. The molecule has 0 aliphatic heterocycles. The Kier molecular flexibility index (Phi) is 10.3. The van der Waals surface area contributed by atoms with Crippen LogP contribution in [-0.4, -0.2) is 55.7 Å². The van der Waals surface area contributed by atoms with Gasteiger partial charge in [0.15, 0.2) is 5.96 Å². The molecule has 1 atom stereocenters. The van der Waals surface area contributed by atoms with Crippen molar-refractivity contribution in [3.63, 3.8) is 0 Å².